The lowest BCUT2D eigenvalue weighted by molar-refractivity contribution is 0.112. The minimum atomic E-state index is -0.317. The van der Waals surface area contributed by atoms with Gasteiger partial charge in [-0.05, 0) is 43.3 Å². The molecule has 0 aliphatic rings. The Morgan fingerprint density at radius 1 is 0.895 bits per heavy atom. The minimum absolute atomic E-state index is 0.317. The Labute approximate surface area is 111 Å². The molecular formula is C15H14N2O2. The molecule has 0 saturated carbocycles. The molecule has 2 N–H and O–H groups in total. The van der Waals surface area contributed by atoms with Crippen LogP contribution in [0.25, 0.3) is 0 Å². The van der Waals surface area contributed by atoms with Gasteiger partial charge >= 0.3 is 6.03 Å². The Morgan fingerprint density at radius 3 is 1.84 bits per heavy atom. The van der Waals surface area contributed by atoms with Crippen LogP contribution in [0.3, 0.4) is 0 Å². The number of rotatable bonds is 3. The molecule has 0 saturated heterocycles. The molecule has 0 unspecified atom stereocenters. The topological polar surface area (TPSA) is 58.2 Å². The third-order valence-electron chi connectivity index (χ3n) is 2.61. The van der Waals surface area contributed by atoms with Gasteiger partial charge in [0.15, 0.2) is 0 Å². The molecule has 2 aromatic rings. The summed E-state index contributed by atoms with van der Waals surface area (Å²) in [5.41, 5.74) is 3.07. The third-order valence-corrected chi connectivity index (χ3v) is 2.61. The van der Waals surface area contributed by atoms with Crippen molar-refractivity contribution in [1.82, 2.24) is 0 Å². The van der Waals surface area contributed by atoms with Gasteiger partial charge < -0.3 is 10.6 Å². The van der Waals surface area contributed by atoms with Crippen LogP contribution in [0.15, 0.2) is 48.5 Å². The van der Waals surface area contributed by atoms with E-state index in [1.807, 2.05) is 31.2 Å². The van der Waals surface area contributed by atoms with Gasteiger partial charge in [0, 0.05) is 16.9 Å². The second-order valence-electron chi connectivity index (χ2n) is 4.19. The van der Waals surface area contributed by atoms with E-state index in [-0.39, 0.29) is 6.03 Å². The fourth-order valence-electron chi connectivity index (χ4n) is 1.58. The van der Waals surface area contributed by atoms with Gasteiger partial charge in [0.25, 0.3) is 0 Å². The number of amides is 2. The number of urea groups is 1. The molecule has 2 rings (SSSR count). The summed E-state index contributed by atoms with van der Waals surface area (Å²) in [5, 5.41) is 5.42. The number of carbonyl (C=O) groups is 2. The summed E-state index contributed by atoms with van der Waals surface area (Å²) < 4.78 is 0. The highest BCUT2D eigenvalue weighted by molar-refractivity contribution is 5.99. The maximum atomic E-state index is 11.7. The van der Waals surface area contributed by atoms with Gasteiger partial charge in [-0.1, -0.05) is 17.7 Å². The maximum absolute atomic E-state index is 11.7. The zero-order valence-electron chi connectivity index (χ0n) is 10.5. The average molecular weight is 254 g/mol. The number of aryl methyl sites for hydroxylation is 1. The van der Waals surface area contributed by atoms with Crippen LogP contribution in [0.1, 0.15) is 15.9 Å². The van der Waals surface area contributed by atoms with Crippen molar-refractivity contribution in [2.75, 3.05) is 10.6 Å². The van der Waals surface area contributed by atoms with Crippen LogP contribution in [-0.2, 0) is 0 Å². The molecule has 19 heavy (non-hydrogen) atoms. The van der Waals surface area contributed by atoms with Gasteiger partial charge in [-0.2, -0.15) is 0 Å². The Bertz CT molecular complexity index is 574. The first-order chi connectivity index (χ1) is 9.17. The molecule has 2 amide bonds. The van der Waals surface area contributed by atoms with Crippen LogP contribution in [0.2, 0.25) is 0 Å². The molecular weight excluding hydrogens is 240 g/mol. The van der Waals surface area contributed by atoms with Gasteiger partial charge in [-0.3, -0.25) is 4.79 Å². The molecule has 0 aliphatic carbocycles. The lowest BCUT2D eigenvalue weighted by Gasteiger charge is -2.07. The standard InChI is InChI=1S/C15H14N2O2/c1-11-2-6-13(7-3-11)16-15(19)17-14-8-4-12(10-18)5-9-14/h2-10H,1H3,(H2,16,17,19). The van der Waals surface area contributed by atoms with Crippen molar-refractivity contribution in [3.63, 3.8) is 0 Å². The van der Waals surface area contributed by atoms with Crippen molar-refractivity contribution < 1.29 is 9.59 Å². The first-order valence-corrected chi connectivity index (χ1v) is 5.87. The molecule has 0 aliphatic heterocycles. The molecule has 0 atom stereocenters. The monoisotopic (exact) mass is 254 g/mol. The largest absolute Gasteiger partial charge is 0.323 e. The Kier molecular flexibility index (Phi) is 3.93. The Morgan fingerprint density at radius 2 is 1.37 bits per heavy atom. The molecule has 96 valence electrons. The molecule has 0 aromatic heterocycles. The maximum Gasteiger partial charge on any atom is 0.323 e. The van der Waals surface area contributed by atoms with Crippen molar-refractivity contribution >= 4 is 23.7 Å². The van der Waals surface area contributed by atoms with Gasteiger partial charge in [0.05, 0.1) is 0 Å². The van der Waals surface area contributed by atoms with Gasteiger partial charge in [-0.25, -0.2) is 4.79 Å². The number of benzene rings is 2. The molecule has 2 aromatic carbocycles. The summed E-state index contributed by atoms with van der Waals surface area (Å²) in [4.78, 5) is 22.2. The van der Waals surface area contributed by atoms with Gasteiger partial charge in [-0.15, -0.1) is 0 Å². The van der Waals surface area contributed by atoms with E-state index in [0.717, 1.165) is 17.5 Å². The highest BCUT2D eigenvalue weighted by atomic mass is 16.2. The van der Waals surface area contributed by atoms with Crippen LogP contribution in [0, 0.1) is 6.92 Å². The van der Waals surface area contributed by atoms with Crippen LogP contribution in [-0.4, -0.2) is 12.3 Å². The van der Waals surface area contributed by atoms with E-state index < -0.39 is 0 Å². The molecule has 4 nitrogen and oxygen atoms in total. The molecule has 0 heterocycles. The average Bonchev–Trinajstić information content (AvgIpc) is 2.42. The Hall–Kier alpha value is -2.62. The summed E-state index contributed by atoms with van der Waals surface area (Å²) in [6.45, 7) is 1.98. The first kappa shape index (κ1) is 12.8. The molecule has 0 radical (unpaired) electrons. The third kappa shape index (κ3) is 3.67. The quantitative estimate of drug-likeness (QED) is 0.824. The van der Waals surface area contributed by atoms with E-state index >= 15 is 0 Å². The van der Waals surface area contributed by atoms with Crippen molar-refractivity contribution in [3.8, 4) is 0 Å². The first-order valence-electron chi connectivity index (χ1n) is 5.87. The zero-order chi connectivity index (χ0) is 13.7. The summed E-state index contributed by atoms with van der Waals surface area (Å²) in [7, 11) is 0. The SMILES string of the molecule is Cc1ccc(NC(=O)Nc2ccc(C=O)cc2)cc1. The normalized spacial score (nSPS) is 9.74. The van der Waals surface area contributed by atoms with Crippen LogP contribution in [0.5, 0.6) is 0 Å². The summed E-state index contributed by atoms with van der Waals surface area (Å²) in [6.07, 6.45) is 0.760. The fourth-order valence-corrected chi connectivity index (χ4v) is 1.58. The summed E-state index contributed by atoms with van der Waals surface area (Å²) in [6, 6.07) is 13.9. The number of anilines is 2. The van der Waals surface area contributed by atoms with Crippen molar-refractivity contribution in [1.29, 1.82) is 0 Å². The van der Waals surface area contributed by atoms with E-state index in [2.05, 4.69) is 10.6 Å². The van der Waals surface area contributed by atoms with Crippen LogP contribution < -0.4 is 10.6 Å². The van der Waals surface area contributed by atoms with E-state index in [1.54, 1.807) is 24.3 Å². The van der Waals surface area contributed by atoms with Crippen molar-refractivity contribution in [2.24, 2.45) is 0 Å². The summed E-state index contributed by atoms with van der Waals surface area (Å²) in [5.74, 6) is 0. The van der Waals surface area contributed by atoms with Gasteiger partial charge in [0.2, 0.25) is 0 Å². The zero-order valence-corrected chi connectivity index (χ0v) is 10.5. The molecule has 0 fully saturated rings. The lowest BCUT2D eigenvalue weighted by atomic mass is 10.2. The van der Waals surface area contributed by atoms with Crippen molar-refractivity contribution in [3.05, 3.63) is 59.7 Å². The number of carbonyl (C=O) groups excluding carboxylic acids is 2. The predicted molar refractivity (Wildman–Crippen MR) is 75.6 cm³/mol. The second kappa shape index (κ2) is 5.82. The second-order valence-corrected chi connectivity index (χ2v) is 4.19. The molecule has 0 spiro atoms. The highest BCUT2D eigenvalue weighted by Gasteiger charge is 2.02. The van der Waals surface area contributed by atoms with Crippen LogP contribution >= 0.6 is 0 Å². The lowest BCUT2D eigenvalue weighted by Crippen LogP contribution is -2.19. The number of hydrogen-bond donors (Lipinski definition) is 2. The summed E-state index contributed by atoms with van der Waals surface area (Å²) >= 11 is 0. The molecule has 4 heteroatoms. The van der Waals surface area contributed by atoms with E-state index in [9.17, 15) is 9.59 Å². The number of nitrogens with one attached hydrogen (secondary N) is 2. The van der Waals surface area contributed by atoms with Crippen molar-refractivity contribution in [2.45, 2.75) is 6.92 Å². The highest BCUT2D eigenvalue weighted by Crippen LogP contribution is 2.11. The van der Waals surface area contributed by atoms with E-state index in [4.69, 9.17) is 0 Å². The smallest absolute Gasteiger partial charge is 0.308 e. The van der Waals surface area contributed by atoms with Gasteiger partial charge in [0.1, 0.15) is 6.29 Å². The number of aldehydes is 1. The molecule has 0 bridgehead atoms. The minimum Gasteiger partial charge on any atom is -0.308 e. The van der Waals surface area contributed by atoms with E-state index in [0.29, 0.717) is 11.3 Å². The van der Waals surface area contributed by atoms with E-state index in [1.165, 1.54) is 0 Å². The fraction of sp³-hybridized carbons (Fsp3) is 0.0667. The predicted octanol–water partition coefficient (Wildman–Crippen LogP) is 3.45. The van der Waals surface area contributed by atoms with Crippen LogP contribution in [0.4, 0.5) is 16.2 Å². The Balaban J connectivity index is 1.96. The number of hydrogen-bond acceptors (Lipinski definition) is 2.